The van der Waals surface area contributed by atoms with E-state index in [1.54, 1.807) is 0 Å². The molecule has 0 bridgehead atoms. The van der Waals surface area contributed by atoms with E-state index in [1.165, 1.54) is 12.1 Å². The minimum Gasteiger partial charge on any atom is -0.395 e. The molecule has 0 amide bonds. The molecule has 0 fully saturated rings. The molecule has 0 saturated heterocycles. The highest BCUT2D eigenvalue weighted by molar-refractivity contribution is 5.27. The highest BCUT2D eigenvalue weighted by atomic mass is 19.1. The van der Waals surface area contributed by atoms with Gasteiger partial charge in [0.05, 0.1) is 6.61 Å². The van der Waals surface area contributed by atoms with Crippen LogP contribution in [0.3, 0.4) is 0 Å². The number of hydrogen-bond donors (Lipinski definition) is 2. The van der Waals surface area contributed by atoms with Gasteiger partial charge in [0, 0.05) is 18.0 Å². The molecule has 0 aliphatic rings. The third-order valence-corrected chi connectivity index (χ3v) is 3.68. The predicted octanol–water partition coefficient (Wildman–Crippen LogP) is 3.12. The molecule has 0 spiro atoms. The number of benzene rings is 1. The lowest BCUT2D eigenvalue weighted by Gasteiger charge is -2.31. The van der Waals surface area contributed by atoms with Crippen molar-refractivity contribution in [2.75, 3.05) is 13.2 Å². The molecule has 1 aromatic rings. The Hall–Kier alpha value is -1.00. The van der Waals surface area contributed by atoms with E-state index in [2.05, 4.69) is 6.92 Å². The van der Waals surface area contributed by atoms with Gasteiger partial charge in [0.2, 0.25) is 0 Å². The Morgan fingerprint density at radius 2 is 1.74 bits per heavy atom. The molecule has 0 heterocycles. The number of hydrogen-bond acceptors (Lipinski definition) is 2. The van der Waals surface area contributed by atoms with Gasteiger partial charge in [-0.25, -0.2) is 8.78 Å². The van der Waals surface area contributed by atoms with Gasteiger partial charge in [0.1, 0.15) is 11.6 Å². The largest absolute Gasteiger partial charge is 0.395 e. The van der Waals surface area contributed by atoms with Crippen LogP contribution >= 0.6 is 0 Å². The summed E-state index contributed by atoms with van der Waals surface area (Å²) < 4.78 is 26.6. The maximum atomic E-state index is 13.3. The summed E-state index contributed by atoms with van der Waals surface area (Å²) in [6, 6.07) is 3.37. The number of rotatable bonds is 8. The maximum absolute atomic E-state index is 13.3. The Kier molecular flexibility index (Phi) is 6.38. The highest BCUT2D eigenvalue weighted by Gasteiger charge is 2.30. The van der Waals surface area contributed by atoms with Crippen molar-refractivity contribution in [1.29, 1.82) is 0 Å². The fourth-order valence-corrected chi connectivity index (χ4v) is 2.35. The lowest BCUT2D eigenvalue weighted by atomic mass is 9.77. The third-order valence-electron chi connectivity index (χ3n) is 3.68. The van der Waals surface area contributed by atoms with Crippen molar-refractivity contribution >= 4 is 0 Å². The minimum absolute atomic E-state index is 0.179. The normalized spacial score (nSPS) is 14.4. The standard InChI is InChI=1S/C15H23F2NO/c1-2-3-4-5-6-15(10-18,11-19)12-7-13(16)9-14(17)8-12/h7-9,19H,2-6,10-11,18H2,1H3. The van der Waals surface area contributed by atoms with Gasteiger partial charge >= 0.3 is 0 Å². The van der Waals surface area contributed by atoms with Crippen LogP contribution in [0, 0.1) is 11.6 Å². The van der Waals surface area contributed by atoms with Gasteiger partial charge in [-0.15, -0.1) is 0 Å². The Bertz CT molecular complexity index is 371. The molecular weight excluding hydrogens is 248 g/mol. The van der Waals surface area contributed by atoms with Gasteiger partial charge < -0.3 is 10.8 Å². The molecule has 0 saturated carbocycles. The van der Waals surface area contributed by atoms with Gasteiger partial charge in [0.25, 0.3) is 0 Å². The Labute approximate surface area is 113 Å². The molecule has 4 heteroatoms. The quantitative estimate of drug-likeness (QED) is 0.714. The molecule has 2 nitrogen and oxygen atoms in total. The van der Waals surface area contributed by atoms with Crippen LogP contribution in [-0.2, 0) is 5.41 Å². The zero-order valence-corrected chi connectivity index (χ0v) is 11.5. The molecule has 1 aromatic carbocycles. The van der Waals surface area contributed by atoms with Crippen LogP contribution in [0.15, 0.2) is 18.2 Å². The van der Waals surface area contributed by atoms with Gasteiger partial charge in [-0.1, -0.05) is 32.6 Å². The van der Waals surface area contributed by atoms with E-state index < -0.39 is 17.0 Å². The summed E-state index contributed by atoms with van der Waals surface area (Å²) in [5.74, 6) is -1.26. The van der Waals surface area contributed by atoms with Crippen molar-refractivity contribution in [3.63, 3.8) is 0 Å². The molecular formula is C15H23F2NO. The molecule has 0 aromatic heterocycles. The molecule has 0 aliphatic carbocycles. The van der Waals surface area contributed by atoms with Crippen LogP contribution in [0.5, 0.6) is 0 Å². The second kappa shape index (κ2) is 7.56. The number of halogens is 2. The Morgan fingerprint density at radius 1 is 1.11 bits per heavy atom. The number of aliphatic hydroxyl groups is 1. The first-order chi connectivity index (χ1) is 9.07. The number of aliphatic hydroxyl groups excluding tert-OH is 1. The summed E-state index contributed by atoms with van der Waals surface area (Å²) in [6.07, 6.45) is 4.80. The monoisotopic (exact) mass is 271 g/mol. The van der Waals surface area contributed by atoms with E-state index >= 15 is 0 Å². The summed E-state index contributed by atoms with van der Waals surface area (Å²) in [7, 11) is 0. The Balaban J connectivity index is 2.90. The average molecular weight is 271 g/mol. The fraction of sp³-hybridized carbons (Fsp3) is 0.600. The van der Waals surface area contributed by atoms with Crippen molar-refractivity contribution in [2.45, 2.75) is 44.4 Å². The lowest BCUT2D eigenvalue weighted by molar-refractivity contribution is 0.184. The predicted molar refractivity (Wildman–Crippen MR) is 72.9 cm³/mol. The molecule has 0 aliphatic heterocycles. The summed E-state index contributed by atoms with van der Waals surface area (Å²) in [5, 5.41) is 9.64. The molecule has 1 unspecified atom stereocenters. The highest BCUT2D eigenvalue weighted by Crippen LogP contribution is 2.30. The van der Waals surface area contributed by atoms with Crippen molar-refractivity contribution in [3.05, 3.63) is 35.4 Å². The molecule has 3 N–H and O–H groups in total. The van der Waals surface area contributed by atoms with Gasteiger partial charge in [-0.3, -0.25) is 0 Å². The molecule has 19 heavy (non-hydrogen) atoms. The van der Waals surface area contributed by atoms with Crippen LogP contribution < -0.4 is 5.73 Å². The SMILES string of the molecule is CCCCCCC(CN)(CO)c1cc(F)cc(F)c1. The minimum atomic E-state index is -0.739. The Morgan fingerprint density at radius 3 is 2.21 bits per heavy atom. The van der Waals surface area contributed by atoms with Crippen LogP contribution in [0.25, 0.3) is 0 Å². The smallest absolute Gasteiger partial charge is 0.126 e. The van der Waals surface area contributed by atoms with Crippen LogP contribution in [0.4, 0.5) is 8.78 Å². The van der Waals surface area contributed by atoms with Gasteiger partial charge in [-0.05, 0) is 24.1 Å². The van der Waals surface area contributed by atoms with Crippen LogP contribution in [-0.4, -0.2) is 18.3 Å². The zero-order chi connectivity index (χ0) is 14.3. The van der Waals surface area contributed by atoms with Crippen LogP contribution in [0.1, 0.15) is 44.6 Å². The average Bonchev–Trinajstić information content (AvgIpc) is 2.38. The first-order valence-electron chi connectivity index (χ1n) is 6.85. The van der Waals surface area contributed by atoms with E-state index in [4.69, 9.17) is 5.73 Å². The van der Waals surface area contributed by atoms with E-state index in [0.717, 1.165) is 31.7 Å². The second-order valence-corrected chi connectivity index (χ2v) is 5.11. The summed E-state index contributed by atoms with van der Waals surface area (Å²) in [6.45, 7) is 2.10. The van der Waals surface area contributed by atoms with Crippen molar-refractivity contribution in [2.24, 2.45) is 5.73 Å². The molecule has 1 rings (SSSR count). The van der Waals surface area contributed by atoms with Crippen molar-refractivity contribution < 1.29 is 13.9 Å². The maximum Gasteiger partial charge on any atom is 0.126 e. The summed E-state index contributed by atoms with van der Waals surface area (Å²) >= 11 is 0. The van der Waals surface area contributed by atoms with Gasteiger partial charge in [0.15, 0.2) is 0 Å². The number of nitrogens with two attached hydrogens (primary N) is 1. The fourth-order valence-electron chi connectivity index (χ4n) is 2.35. The second-order valence-electron chi connectivity index (χ2n) is 5.11. The van der Waals surface area contributed by atoms with Crippen LogP contribution in [0.2, 0.25) is 0 Å². The number of unbranched alkanes of at least 4 members (excludes halogenated alkanes) is 3. The summed E-state index contributed by atoms with van der Waals surface area (Å²) in [4.78, 5) is 0. The van der Waals surface area contributed by atoms with E-state index in [-0.39, 0.29) is 13.2 Å². The molecule has 1 atom stereocenters. The lowest BCUT2D eigenvalue weighted by Crippen LogP contribution is -2.39. The van der Waals surface area contributed by atoms with E-state index in [0.29, 0.717) is 12.0 Å². The third kappa shape index (κ3) is 4.25. The van der Waals surface area contributed by atoms with E-state index in [1.807, 2.05) is 0 Å². The van der Waals surface area contributed by atoms with Crippen molar-refractivity contribution in [1.82, 2.24) is 0 Å². The first-order valence-corrected chi connectivity index (χ1v) is 6.85. The van der Waals surface area contributed by atoms with E-state index in [9.17, 15) is 13.9 Å². The van der Waals surface area contributed by atoms with Crippen molar-refractivity contribution in [3.8, 4) is 0 Å². The first kappa shape index (κ1) is 16.1. The summed E-state index contributed by atoms with van der Waals surface area (Å²) in [5.41, 5.74) is 5.47. The molecule has 0 radical (unpaired) electrons. The molecule has 108 valence electrons. The zero-order valence-electron chi connectivity index (χ0n) is 11.5. The van der Waals surface area contributed by atoms with Gasteiger partial charge in [-0.2, -0.15) is 0 Å². The topological polar surface area (TPSA) is 46.2 Å².